The number of hydrogen-bond donors (Lipinski definition) is 2. The molecule has 0 aromatic carbocycles. The molecule has 0 aromatic rings. The maximum absolute atomic E-state index is 11.4. The summed E-state index contributed by atoms with van der Waals surface area (Å²) in [6, 6.07) is 0. The van der Waals surface area contributed by atoms with E-state index in [2.05, 4.69) is 43.2 Å². The van der Waals surface area contributed by atoms with Crippen LogP contribution >= 0.6 is 0 Å². The van der Waals surface area contributed by atoms with Crippen LogP contribution in [-0.2, 0) is 4.79 Å². The number of amides is 1. The van der Waals surface area contributed by atoms with E-state index >= 15 is 0 Å². The molecule has 0 aliphatic heterocycles. The summed E-state index contributed by atoms with van der Waals surface area (Å²) in [4.78, 5) is 13.8. The predicted octanol–water partition coefficient (Wildman–Crippen LogP) is 1.08. The fourth-order valence-corrected chi connectivity index (χ4v) is 1.55. The molecule has 4 nitrogen and oxygen atoms in total. The first-order valence-corrected chi connectivity index (χ1v) is 6.79. The van der Waals surface area contributed by atoms with Crippen molar-refractivity contribution in [3.8, 4) is 0 Å². The van der Waals surface area contributed by atoms with E-state index in [9.17, 15) is 4.79 Å². The van der Waals surface area contributed by atoms with Gasteiger partial charge in [0.15, 0.2) is 0 Å². The van der Waals surface area contributed by atoms with Gasteiger partial charge in [0.1, 0.15) is 0 Å². The van der Waals surface area contributed by atoms with Crippen LogP contribution in [-0.4, -0.2) is 50.1 Å². The van der Waals surface area contributed by atoms with Gasteiger partial charge in [-0.25, -0.2) is 0 Å². The van der Waals surface area contributed by atoms with Gasteiger partial charge in [0.25, 0.3) is 0 Å². The molecule has 0 saturated heterocycles. The maximum Gasteiger partial charge on any atom is 0.233 e. The Labute approximate surface area is 106 Å². The second-order valence-electron chi connectivity index (χ2n) is 4.76. The SMILES string of the molecule is CCN(CC)CCCNCC(=O)NCC(C)C. The Bertz CT molecular complexity index is 191. The molecule has 0 atom stereocenters. The van der Waals surface area contributed by atoms with Gasteiger partial charge in [-0.15, -0.1) is 0 Å². The Kier molecular flexibility index (Phi) is 10.2. The van der Waals surface area contributed by atoms with Crippen molar-refractivity contribution in [3.63, 3.8) is 0 Å². The lowest BCUT2D eigenvalue weighted by Gasteiger charge is -2.17. The summed E-state index contributed by atoms with van der Waals surface area (Å²) < 4.78 is 0. The van der Waals surface area contributed by atoms with Crippen LogP contribution in [0.2, 0.25) is 0 Å². The third kappa shape index (κ3) is 10.3. The highest BCUT2D eigenvalue weighted by atomic mass is 16.1. The Morgan fingerprint density at radius 1 is 1.24 bits per heavy atom. The molecular weight excluding hydrogens is 214 g/mol. The Morgan fingerprint density at radius 3 is 2.41 bits per heavy atom. The van der Waals surface area contributed by atoms with Crippen molar-refractivity contribution in [2.75, 3.05) is 39.3 Å². The molecule has 0 heterocycles. The summed E-state index contributed by atoms with van der Waals surface area (Å²) in [5.74, 6) is 0.614. The molecule has 0 spiro atoms. The zero-order valence-corrected chi connectivity index (χ0v) is 11.9. The van der Waals surface area contributed by atoms with Crippen LogP contribution in [0.1, 0.15) is 34.1 Å². The first kappa shape index (κ1) is 16.4. The predicted molar refractivity (Wildman–Crippen MR) is 73.1 cm³/mol. The largest absolute Gasteiger partial charge is 0.355 e. The summed E-state index contributed by atoms with van der Waals surface area (Å²) in [7, 11) is 0. The third-order valence-corrected chi connectivity index (χ3v) is 2.72. The number of carbonyl (C=O) groups excluding carboxylic acids is 1. The molecule has 0 unspecified atom stereocenters. The fourth-order valence-electron chi connectivity index (χ4n) is 1.55. The third-order valence-electron chi connectivity index (χ3n) is 2.72. The molecule has 4 heteroatoms. The van der Waals surface area contributed by atoms with Gasteiger partial charge in [-0.2, -0.15) is 0 Å². The lowest BCUT2D eigenvalue weighted by Crippen LogP contribution is -2.36. The molecule has 0 radical (unpaired) electrons. The number of nitrogens with one attached hydrogen (secondary N) is 2. The quantitative estimate of drug-likeness (QED) is 0.564. The molecule has 0 fully saturated rings. The van der Waals surface area contributed by atoms with Crippen LogP contribution in [0.15, 0.2) is 0 Å². The van der Waals surface area contributed by atoms with Crippen LogP contribution in [0.5, 0.6) is 0 Å². The van der Waals surface area contributed by atoms with E-state index in [1.807, 2.05) is 0 Å². The number of carbonyl (C=O) groups is 1. The maximum atomic E-state index is 11.4. The van der Waals surface area contributed by atoms with Crippen LogP contribution in [0.4, 0.5) is 0 Å². The van der Waals surface area contributed by atoms with Crippen LogP contribution in [0.3, 0.4) is 0 Å². The molecule has 17 heavy (non-hydrogen) atoms. The normalized spacial score (nSPS) is 11.2. The first-order chi connectivity index (χ1) is 8.10. The van der Waals surface area contributed by atoms with Crippen molar-refractivity contribution in [2.45, 2.75) is 34.1 Å². The number of nitrogens with zero attached hydrogens (tertiary/aromatic N) is 1. The second-order valence-corrected chi connectivity index (χ2v) is 4.76. The molecule has 2 N–H and O–H groups in total. The van der Waals surface area contributed by atoms with E-state index in [1.54, 1.807) is 0 Å². The van der Waals surface area contributed by atoms with Gasteiger partial charge in [-0.3, -0.25) is 4.79 Å². The van der Waals surface area contributed by atoms with E-state index < -0.39 is 0 Å². The molecule has 0 aliphatic carbocycles. The van der Waals surface area contributed by atoms with Crippen molar-refractivity contribution >= 4 is 5.91 Å². The zero-order chi connectivity index (χ0) is 13.1. The standard InChI is InChI=1S/C13H29N3O/c1-5-16(6-2)9-7-8-14-11-13(17)15-10-12(3)4/h12,14H,5-11H2,1-4H3,(H,15,17). The fraction of sp³-hybridized carbons (Fsp3) is 0.923. The molecule has 1 amide bonds. The van der Waals surface area contributed by atoms with Crippen LogP contribution < -0.4 is 10.6 Å². The molecule has 0 aliphatic rings. The number of rotatable bonds is 10. The van der Waals surface area contributed by atoms with E-state index in [1.165, 1.54) is 0 Å². The lowest BCUT2D eigenvalue weighted by atomic mass is 10.2. The Balaban J connectivity index is 3.35. The average Bonchev–Trinajstić information content (AvgIpc) is 2.31. The zero-order valence-electron chi connectivity index (χ0n) is 11.9. The molecule has 0 rings (SSSR count). The molecule has 0 saturated carbocycles. The molecule has 102 valence electrons. The summed E-state index contributed by atoms with van der Waals surface area (Å²) in [6.45, 7) is 14.0. The summed E-state index contributed by atoms with van der Waals surface area (Å²) in [5.41, 5.74) is 0. The lowest BCUT2D eigenvalue weighted by molar-refractivity contribution is -0.120. The Morgan fingerprint density at radius 2 is 1.88 bits per heavy atom. The summed E-state index contributed by atoms with van der Waals surface area (Å²) in [5, 5.41) is 6.07. The van der Waals surface area contributed by atoms with E-state index in [4.69, 9.17) is 0 Å². The highest BCUT2D eigenvalue weighted by Gasteiger charge is 2.02. The van der Waals surface area contributed by atoms with Crippen molar-refractivity contribution in [1.82, 2.24) is 15.5 Å². The number of hydrogen-bond acceptors (Lipinski definition) is 3. The molecule has 0 bridgehead atoms. The minimum atomic E-state index is 0.0986. The van der Waals surface area contributed by atoms with Gasteiger partial charge in [0.2, 0.25) is 5.91 Å². The van der Waals surface area contributed by atoms with Crippen LogP contribution in [0, 0.1) is 5.92 Å². The molecule has 0 aromatic heterocycles. The highest BCUT2D eigenvalue weighted by Crippen LogP contribution is 1.89. The smallest absolute Gasteiger partial charge is 0.233 e. The van der Waals surface area contributed by atoms with Crippen molar-refractivity contribution < 1.29 is 4.79 Å². The van der Waals surface area contributed by atoms with Gasteiger partial charge >= 0.3 is 0 Å². The average molecular weight is 243 g/mol. The molecular formula is C13H29N3O. The van der Waals surface area contributed by atoms with Crippen LogP contribution in [0.25, 0.3) is 0 Å². The van der Waals surface area contributed by atoms with Crippen molar-refractivity contribution in [1.29, 1.82) is 0 Å². The first-order valence-electron chi connectivity index (χ1n) is 6.79. The van der Waals surface area contributed by atoms with Gasteiger partial charge in [0, 0.05) is 6.54 Å². The minimum absolute atomic E-state index is 0.0986. The van der Waals surface area contributed by atoms with Crippen molar-refractivity contribution in [2.24, 2.45) is 5.92 Å². The van der Waals surface area contributed by atoms with E-state index in [0.29, 0.717) is 12.5 Å². The topological polar surface area (TPSA) is 44.4 Å². The van der Waals surface area contributed by atoms with Gasteiger partial charge in [-0.05, 0) is 38.5 Å². The summed E-state index contributed by atoms with van der Waals surface area (Å²) in [6.07, 6.45) is 1.10. The highest BCUT2D eigenvalue weighted by molar-refractivity contribution is 5.77. The second kappa shape index (κ2) is 10.5. The van der Waals surface area contributed by atoms with Gasteiger partial charge < -0.3 is 15.5 Å². The Hall–Kier alpha value is -0.610. The van der Waals surface area contributed by atoms with Gasteiger partial charge in [0.05, 0.1) is 6.54 Å². The van der Waals surface area contributed by atoms with E-state index in [-0.39, 0.29) is 5.91 Å². The summed E-state index contributed by atoms with van der Waals surface area (Å²) >= 11 is 0. The monoisotopic (exact) mass is 243 g/mol. The minimum Gasteiger partial charge on any atom is -0.355 e. The van der Waals surface area contributed by atoms with Crippen molar-refractivity contribution in [3.05, 3.63) is 0 Å². The van der Waals surface area contributed by atoms with E-state index in [0.717, 1.165) is 39.1 Å². The van der Waals surface area contributed by atoms with Gasteiger partial charge in [-0.1, -0.05) is 27.7 Å².